The van der Waals surface area contributed by atoms with E-state index >= 15 is 0 Å². The lowest BCUT2D eigenvalue weighted by Gasteiger charge is -2.37. The Kier molecular flexibility index (Phi) is 5.74. The minimum Gasteiger partial charge on any atom is -0.342 e. The molecule has 0 radical (unpaired) electrons. The second-order valence-electron chi connectivity index (χ2n) is 7.39. The maximum Gasteiger partial charge on any atom is 0.253 e. The van der Waals surface area contributed by atoms with Crippen molar-refractivity contribution in [3.05, 3.63) is 35.4 Å². The molecule has 1 N–H and O–H groups in total. The van der Waals surface area contributed by atoms with Crippen molar-refractivity contribution in [2.45, 2.75) is 38.6 Å². The monoisotopic (exact) mass is 343 g/mol. The summed E-state index contributed by atoms with van der Waals surface area (Å²) in [5.74, 6) is 0.179. The van der Waals surface area contributed by atoms with E-state index in [1.165, 1.54) is 0 Å². The lowest BCUT2D eigenvalue weighted by Crippen LogP contribution is -2.50. The second kappa shape index (κ2) is 8.00. The van der Waals surface area contributed by atoms with Gasteiger partial charge in [0, 0.05) is 31.7 Å². The lowest BCUT2D eigenvalue weighted by molar-refractivity contribution is -0.138. The van der Waals surface area contributed by atoms with Crippen molar-refractivity contribution in [3.8, 4) is 0 Å². The standard InChI is InChI=1S/C20H29N3O2/c1-15-5-7-16(8-6-15)20(25)23-13-3-4-17(14-23)19(24)22(2)18-9-11-21-12-10-18/h5-8,17-18,21H,3-4,9-14H2,1-2H3. The molecule has 0 bridgehead atoms. The van der Waals surface area contributed by atoms with Crippen molar-refractivity contribution >= 4 is 11.8 Å². The molecule has 2 fully saturated rings. The summed E-state index contributed by atoms with van der Waals surface area (Å²) in [7, 11) is 1.93. The van der Waals surface area contributed by atoms with Gasteiger partial charge >= 0.3 is 0 Å². The third-order valence-corrected chi connectivity index (χ3v) is 5.56. The van der Waals surface area contributed by atoms with Crippen LogP contribution in [0, 0.1) is 12.8 Å². The molecule has 136 valence electrons. The van der Waals surface area contributed by atoms with E-state index in [1.54, 1.807) is 0 Å². The van der Waals surface area contributed by atoms with Crippen LogP contribution in [0.25, 0.3) is 0 Å². The van der Waals surface area contributed by atoms with Crippen LogP contribution in [0.2, 0.25) is 0 Å². The van der Waals surface area contributed by atoms with Gasteiger partial charge in [-0.3, -0.25) is 9.59 Å². The smallest absolute Gasteiger partial charge is 0.253 e. The van der Waals surface area contributed by atoms with Gasteiger partial charge in [0.15, 0.2) is 0 Å². The van der Waals surface area contributed by atoms with Crippen LogP contribution in [0.15, 0.2) is 24.3 Å². The van der Waals surface area contributed by atoms with E-state index in [9.17, 15) is 9.59 Å². The number of benzene rings is 1. The van der Waals surface area contributed by atoms with Crippen LogP contribution >= 0.6 is 0 Å². The molecule has 2 saturated heterocycles. The third-order valence-electron chi connectivity index (χ3n) is 5.56. The summed E-state index contributed by atoms with van der Waals surface area (Å²) in [6, 6.07) is 8.01. The first-order valence-corrected chi connectivity index (χ1v) is 9.39. The molecule has 1 atom stereocenters. The van der Waals surface area contributed by atoms with Gasteiger partial charge in [-0.25, -0.2) is 0 Å². The maximum absolute atomic E-state index is 12.9. The average molecular weight is 343 g/mol. The average Bonchev–Trinajstić information content (AvgIpc) is 2.67. The molecule has 0 saturated carbocycles. The molecular formula is C20H29N3O2. The SMILES string of the molecule is Cc1ccc(C(=O)N2CCCC(C(=O)N(C)C3CCNCC3)C2)cc1. The van der Waals surface area contributed by atoms with Crippen molar-refractivity contribution in [2.24, 2.45) is 5.92 Å². The van der Waals surface area contributed by atoms with E-state index in [0.29, 0.717) is 18.2 Å². The van der Waals surface area contributed by atoms with Gasteiger partial charge < -0.3 is 15.1 Å². The predicted molar refractivity (Wildman–Crippen MR) is 98.5 cm³/mol. The summed E-state index contributed by atoms with van der Waals surface area (Å²) < 4.78 is 0. The Bertz CT molecular complexity index is 608. The molecule has 2 amide bonds. The first-order valence-electron chi connectivity index (χ1n) is 9.39. The van der Waals surface area contributed by atoms with Crippen molar-refractivity contribution in [3.63, 3.8) is 0 Å². The Morgan fingerprint density at radius 3 is 2.48 bits per heavy atom. The normalized spacial score (nSPS) is 21.8. The molecule has 2 aliphatic heterocycles. The van der Waals surface area contributed by atoms with Crippen molar-refractivity contribution < 1.29 is 9.59 Å². The minimum absolute atomic E-state index is 0.0435. The van der Waals surface area contributed by atoms with Gasteiger partial charge in [-0.1, -0.05) is 17.7 Å². The van der Waals surface area contributed by atoms with Crippen LogP contribution in [0.1, 0.15) is 41.6 Å². The third kappa shape index (κ3) is 4.21. The van der Waals surface area contributed by atoms with Crippen LogP contribution < -0.4 is 5.32 Å². The van der Waals surface area contributed by atoms with Crippen LogP contribution in [0.4, 0.5) is 0 Å². The van der Waals surface area contributed by atoms with Gasteiger partial charge in [-0.15, -0.1) is 0 Å². The van der Waals surface area contributed by atoms with E-state index in [2.05, 4.69) is 5.32 Å². The highest BCUT2D eigenvalue weighted by atomic mass is 16.2. The van der Waals surface area contributed by atoms with Crippen molar-refractivity contribution in [2.75, 3.05) is 33.2 Å². The molecule has 2 heterocycles. The van der Waals surface area contributed by atoms with Crippen molar-refractivity contribution in [1.29, 1.82) is 0 Å². The Hall–Kier alpha value is -1.88. The number of aryl methyl sites for hydroxylation is 1. The first-order chi connectivity index (χ1) is 12.1. The number of hydrogen-bond acceptors (Lipinski definition) is 3. The number of nitrogens with zero attached hydrogens (tertiary/aromatic N) is 2. The van der Waals surface area contributed by atoms with E-state index < -0.39 is 0 Å². The van der Waals surface area contributed by atoms with Gasteiger partial charge in [0.2, 0.25) is 5.91 Å². The van der Waals surface area contributed by atoms with Gasteiger partial charge in [0.25, 0.3) is 5.91 Å². The van der Waals surface area contributed by atoms with Gasteiger partial charge in [0.1, 0.15) is 0 Å². The summed E-state index contributed by atoms with van der Waals surface area (Å²) in [4.78, 5) is 29.4. The van der Waals surface area contributed by atoms with Gasteiger partial charge in [0.05, 0.1) is 5.92 Å². The fraction of sp³-hybridized carbons (Fsp3) is 0.600. The van der Waals surface area contributed by atoms with Gasteiger partial charge in [-0.2, -0.15) is 0 Å². The number of carbonyl (C=O) groups excluding carboxylic acids is 2. The molecule has 5 heteroatoms. The van der Waals surface area contributed by atoms with Crippen LogP contribution in [0.5, 0.6) is 0 Å². The summed E-state index contributed by atoms with van der Waals surface area (Å²) in [5.41, 5.74) is 1.86. The predicted octanol–water partition coefficient (Wildman–Crippen LogP) is 2.06. The molecular weight excluding hydrogens is 314 g/mol. The first kappa shape index (κ1) is 17.9. The molecule has 1 aromatic rings. The molecule has 0 aromatic heterocycles. The summed E-state index contributed by atoms with van der Waals surface area (Å²) in [6.45, 7) is 5.25. The quantitative estimate of drug-likeness (QED) is 0.914. The van der Waals surface area contributed by atoms with Gasteiger partial charge in [-0.05, 0) is 57.8 Å². The van der Waals surface area contributed by atoms with Crippen LogP contribution in [-0.4, -0.2) is 60.9 Å². The number of likely N-dealkylation sites (tertiary alicyclic amines) is 1. The largest absolute Gasteiger partial charge is 0.342 e. The molecule has 0 spiro atoms. The van der Waals surface area contributed by atoms with E-state index in [-0.39, 0.29) is 17.7 Å². The van der Waals surface area contributed by atoms with E-state index in [4.69, 9.17) is 0 Å². The minimum atomic E-state index is -0.0666. The molecule has 3 rings (SSSR count). The number of amides is 2. The summed E-state index contributed by atoms with van der Waals surface area (Å²) in [5, 5.41) is 3.34. The number of hydrogen-bond donors (Lipinski definition) is 1. The second-order valence-corrected chi connectivity index (χ2v) is 7.39. The Morgan fingerprint density at radius 2 is 1.80 bits per heavy atom. The zero-order valence-electron chi connectivity index (χ0n) is 15.3. The number of rotatable bonds is 3. The molecule has 25 heavy (non-hydrogen) atoms. The lowest BCUT2D eigenvalue weighted by atomic mass is 9.94. The zero-order chi connectivity index (χ0) is 17.8. The summed E-state index contributed by atoms with van der Waals surface area (Å²) >= 11 is 0. The number of carbonyl (C=O) groups is 2. The van der Waals surface area contributed by atoms with Crippen molar-refractivity contribution in [1.82, 2.24) is 15.1 Å². The number of nitrogens with one attached hydrogen (secondary N) is 1. The Morgan fingerprint density at radius 1 is 1.12 bits per heavy atom. The highest BCUT2D eigenvalue weighted by molar-refractivity contribution is 5.94. The fourth-order valence-corrected chi connectivity index (χ4v) is 3.90. The van der Waals surface area contributed by atoms with Crippen LogP contribution in [-0.2, 0) is 4.79 Å². The molecule has 5 nitrogen and oxygen atoms in total. The topological polar surface area (TPSA) is 52.7 Å². The Labute approximate surface area is 150 Å². The fourth-order valence-electron chi connectivity index (χ4n) is 3.90. The van der Waals surface area contributed by atoms with E-state index in [0.717, 1.165) is 50.9 Å². The Balaban J connectivity index is 1.62. The molecule has 0 aliphatic carbocycles. The highest BCUT2D eigenvalue weighted by Gasteiger charge is 2.33. The maximum atomic E-state index is 12.9. The molecule has 2 aliphatic rings. The number of piperidine rings is 2. The van der Waals surface area contributed by atoms with E-state index in [1.807, 2.05) is 48.0 Å². The summed E-state index contributed by atoms with van der Waals surface area (Å²) in [6.07, 6.45) is 3.81. The molecule has 1 aromatic carbocycles. The van der Waals surface area contributed by atoms with Crippen LogP contribution in [0.3, 0.4) is 0 Å². The highest BCUT2D eigenvalue weighted by Crippen LogP contribution is 2.22. The zero-order valence-corrected chi connectivity index (χ0v) is 15.3. The molecule has 1 unspecified atom stereocenters.